The number of hydrogen-bond donors (Lipinski definition) is 0. The fourth-order valence-corrected chi connectivity index (χ4v) is 2.86. The third kappa shape index (κ3) is 3.48. The molecule has 1 unspecified atom stereocenters. The van der Waals surface area contributed by atoms with Crippen LogP contribution in [0.1, 0.15) is 60.8 Å². The van der Waals surface area contributed by atoms with E-state index >= 15 is 0 Å². The van der Waals surface area contributed by atoms with Gasteiger partial charge in [0.25, 0.3) is 0 Å². The summed E-state index contributed by atoms with van der Waals surface area (Å²) in [6, 6.07) is 0.819. The minimum atomic E-state index is 0.512. The quantitative estimate of drug-likeness (QED) is 0.681. The summed E-state index contributed by atoms with van der Waals surface area (Å²) in [7, 11) is 0. The fourth-order valence-electron chi connectivity index (χ4n) is 2.86. The van der Waals surface area contributed by atoms with Crippen molar-refractivity contribution in [2.75, 3.05) is 13.1 Å². The first-order chi connectivity index (χ1) is 6.79. The Morgan fingerprint density at radius 1 is 1.27 bits per heavy atom. The Bertz CT molecular complexity index is 205. The Hall–Kier alpha value is -0.0400. The van der Waals surface area contributed by atoms with Crippen LogP contribution in [0.5, 0.6) is 0 Å². The van der Waals surface area contributed by atoms with Gasteiger partial charge in [-0.15, -0.1) is 0 Å². The van der Waals surface area contributed by atoms with Crippen molar-refractivity contribution in [2.45, 2.75) is 66.8 Å². The van der Waals surface area contributed by atoms with Crippen molar-refractivity contribution in [2.24, 2.45) is 10.8 Å². The van der Waals surface area contributed by atoms with Crippen LogP contribution in [-0.4, -0.2) is 24.0 Å². The van der Waals surface area contributed by atoms with Gasteiger partial charge in [-0.1, -0.05) is 48.0 Å². The van der Waals surface area contributed by atoms with Gasteiger partial charge in [0, 0.05) is 12.6 Å². The Balaban J connectivity index is 2.61. The maximum atomic E-state index is 2.68. The molecule has 1 heteroatoms. The molecule has 1 aliphatic heterocycles. The molecule has 0 aromatic carbocycles. The van der Waals surface area contributed by atoms with E-state index in [-0.39, 0.29) is 0 Å². The van der Waals surface area contributed by atoms with Gasteiger partial charge >= 0.3 is 0 Å². The first-order valence-electron chi connectivity index (χ1n) is 6.54. The van der Waals surface area contributed by atoms with Gasteiger partial charge < -0.3 is 4.90 Å². The smallest absolute Gasteiger partial charge is 0.0106 e. The number of likely N-dealkylation sites (tertiary alicyclic amines) is 1. The van der Waals surface area contributed by atoms with Crippen LogP contribution in [0, 0.1) is 10.8 Å². The number of hydrogen-bond acceptors (Lipinski definition) is 1. The van der Waals surface area contributed by atoms with E-state index in [1.165, 1.54) is 32.4 Å². The van der Waals surface area contributed by atoms with Gasteiger partial charge in [0.05, 0.1) is 0 Å². The van der Waals surface area contributed by atoms with Crippen molar-refractivity contribution in [3.8, 4) is 0 Å². The van der Waals surface area contributed by atoms with Crippen molar-refractivity contribution < 1.29 is 0 Å². The van der Waals surface area contributed by atoms with Gasteiger partial charge in [0.1, 0.15) is 0 Å². The lowest BCUT2D eigenvalue weighted by atomic mass is 9.80. The molecule has 0 aromatic heterocycles. The summed E-state index contributed by atoms with van der Waals surface area (Å²) < 4.78 is 0. The van der Waals surface area contributed by atoms with E-state index in [4.69, 9.17) is 0 Å². The highest BCUT2D eigenvalue weighted by Gasteiger charge is 2.38. The lowest BCUT2D eigenvalue weighted by molar-refractivity contribution is 0.183. The highest BCUT2D eigenvalue weighted by Crippen LogP contribution is 2.39. The van der Waals surface area contributed by atoms with Crippen molar-refractivity contribution in [1.82, 2.24) is 4.90 Å². The summed E-state index contributed by atoms with van der Waals surface area (Å²) >= 11 is 0. The molecule has 0 radical (unpaired) electrons. The Morgan fingerprint density at radius 3 is 2.33 bits per heavy atom. The van der Waals surface area contributed by atoms with Crippen LogP contribution in [0.4, 0.5) is 0 Å². The lowest BCUT2D eigenvalue weighted by Crippen LogP contribution is -2.33. The Kier molecular flexibility index (Phi) is 3.86. The summed E-state index contributed by atoms with van der Waals surface area (Å²) in [5.74, 6) is 0. The van der Waals surface area contributed by atoms with Crippen LogP contribution in [0.3, 0.4) is 0 Å². The molecular formula is C14H29N. The normalized spacial score (nSPS) is 27.2. The van der Waals surface area contributed by atoms with Crippen LogP contribution < -0.4 is 0 Å². The third-order valence-electron chi connectivity index (χ3n) is 4.09. The molecule has 0 aromatic rings. The first kappa shape index (κ1) is 13.0. The second-order valence-electron chi connectivity index (χ2n) is 6.81. The molecule has 90 valence electrons. The lowest BCUT2D eigenvalue weighted by Gasteiger charge is -2.31. The highest BCUT2D eigenvalue weighted by atomic mass is 15.2. The molecule has 0 aliphatic carbocycles. The van der Waals surface area contributed by atoms with Gasteiger partial charge in [0.15, 0.2) is 0 Å². The standard InChI is InChI=1S/C14H29N/c1-7-13(3,4)9-12-10-14(5,6)11-15(12)8-2/h12H,7-11H2,1-6H3. The maximum Gasteiger partial charge on any atom is 0.0106 e. The van der Waals surface area contributed by atoms with E-state index in [9.17, 15) is 0 Å². The molecule has 1 heterocycles. The molecular weight excluding hydrogens is 182 g/mol. The third-order valence-corrected chi connectivity index (χ3v) is 4.09. The molecule has 0 N–H and O–H groups in total. The van der Waals surface area contributed by atoms with E-state index in [2.05, 4.69) is 46.4 Å². The topological polar surface area (TPSA) is 3.24 Å². The van der Waals surface area contributed by atoms with Crippen LogP contribution >= 0.6 is 0 Å². The van der Waals surface area contributed by atoms with Gasteiger partial charge in [-0.05, 0) is 30.2 Å². The average Bonchev–Trinajstić information content (AvgIpc) is 2.40. The maximum absolute atomic E-state index is 2.68. The van der Waals surface area contributed by atoms with Crippen molar-refractivity contribution >= 4 is 0 Å². The predicted molar refractivity (Wildman–Crippen MR) is 68.1 cm³/mol. The molecule has 0 spiro atoms. The van der Waals surface area contributed by atoms with Gasteiger partial charge in [-0.2, -0.15) is 0 Å². The molecule has 15 heavy (non-hydrogen) atoms. The van der Waals surface area contributed by atoms with Crippen LogP contribution in [0.25, 0.3) is 0 Å². The monoisotopic (exact) mass is 211 g/mol. The fraction of sp³-hybridized carbons (Fsp3) is 1.00. The van der Waals surface area contributed by atoms with Gasteiger partial charge in [0.2, 0.25) is 0 Å². The van der Waals surface area contributed by atoms with Crippen LogP contribution in [0.2, 0.25) is 0 Å². The molecule has 1 fully saturated rings. The summed E-state index contributed by atoms with van der Waals surface area (Å²) in [6.07, 6.45) is 4.03. The molecule has 0 saturated carbocycles. The molecule has 0 amide bonds. The SMILES string of the molecule is CCN1CC(C)(C)CC1CC(C)(C)CC. The summed E-state index contributed by atoms with van der Waals surface area (Å²) in [6.45, 7) is 16.8. The molecule has 1 nitrogen and oxygen atoms in total. The summed E-state index contributed by atoms with van der Waals surface area (Å²) in [4.78, 5) is 2.68. The zero-order valence-corrected chi connectivity index (χ0v) is 11.6. The van der Waals surface area contributed by atoms with Crippen LogP contribution in [0.15, 0.2) is 0 Å². The molecule has 1 rings (SSSR count). The van der Waals surface area contributed by atoms with E-state index in [1.54, 1.807) is 0 Å². The second kappa shape index (κ2) is 4.45. The van der Waals surface area contributed by atoms with Crippen molar-refractivity contribution in [3.63, 3.8) is 0 Å². The molecule has 1 saturated heterocycles. The zero-order valence-electron chi connectivity index (χ0n) is 11.6. The average molecular weight is 211 g/mol. The van der Waals surface area contributed by atoms with Crippen LogP contribution in [-0.2, 0) is 0 Å². The van der Waals surface area contributed by atoms with Gasteiger partial charge in [-0.3, -0.25) is 0 Å². The van der Waals surface area contributed by atoms with E-state index < -0.39 is 0 Å². The Labute approximate surface area is 96.2 Å². The predicted octanol–water partition coefficient (Wildman–Crippen LogP) is 3.93. The molecule has 1 atom stereocenters. The Morgan fingerprint density at radius 2 is 1.87 bits per heavy atom. The minimum Gasteiger partial charge on any atom is -0.300 e. The molecule has 0 bridgehead atoms. The van der Waals surface area contributed by atoms with Crippen molar-refractivity contribution in [1.29, 1.82) is 0 Å². The largest absolute Gasteiger partial charge is 0.300 e. The summed E-state index contributed by atoms with van der Waals surface area (Å²) in [5, 5.41) is 0. The van der Waals surface area contributed by atoms with E-state index in [0.29, 0.717) is 10.8 Å². The second-order valence-corrected chi connectivity index (χ2v) is 6.81. The number of nitrogens with zero attached hydrogens (tertiary/aromatic N) is 1. The first-order valence-corrected chi connectivity index (χ1v) is 6.54. The van der Waals surface area contributed by atoms with E-state index in [0.717, 1.165) is 6.04 Å². The number of rotatable bonds is 4. The highest BCUT2D eigenvalue weighted by molar-refractivity contribution is 4.92. The molecule has 1 aliphatic rings. The van der Waals surface area contributed by atoms with Crippen molar-refractivity contribution in [3.05, 3.63) is 0 Å². The van der Waals surface area contributed by atoms with Gasteiger partial charge in [-0.25, -0.2) is 0 Å². The minimum absolute atomic E-state index is 0.512. The zero-order chi connectivity index (χ0) is 11.7. The summed E-state index contributed by atoms with van der Waals surface area (Å²) in [5.41, 5.74) is 1.04. The van der Waals surface area contributed by atoms with E-state index in [1.807, 2.05) is 0 Å².